The van der Waals surface area contributed by atoms with Gasteiger partial charge in [-0.2, -0.15) is 5.26 Å². The molecule has 1 aromatic carbocycles. The van der Waals surface area contributed by atoms with Gasteiger partial charge < -0.3 is 10.6 Å². The van der Waals surface area contributed by atoms with E-state index in [2.05, 4.69) is 24.5 Å². The Labute approximate surface area is 102 Å². The van der Waals surface area contributed by atoms with Gasteiger partial charge in [0.05, 0.1) is 12.6 Å². The van der Waals surface area contributed by atoms with Crippen LogP contribution in [0.2, 0.25) is 0 Å². The lowest BCUT2D eigenvalue weighted by Crippen LogP contribution is -2.29. The van der Waals surface area contributed by atoms with Crippen molar-refractivity contribution >= 4 is 11.6 Å². The molecule has 0 aliphatic rings. The fraction of sp³-hybridized carbons (Fsp3) is 0.385. The smallest absolute Gasteiger partial charge is 0.240 e. The predicted molar refractivity (Wildman–Crippen MR) is 67.6 cm³/mol. The third-order valence-electron chi connectivity index (χ3n) is 2.40. The van der Waals surface area contributed by atoms with Gasteiger partial charge in [0.2, 0.25) is 5.91 Å². The molecular formula is C13H17N3O. The minimum absolute atomic E-state index is 0.0484. The molecule has 0 atom stereocenters. The highest BCUT2D eigenvalue weighted by molar-refractivity contribution is 5.80. The number of hydrogen-bond acceptors (Lipinski definition) is 3. The molecule has 4 heteroatoms. The monoisotopic (exact) mass is 231 g/mol. The van der Waals surface area contributed by atoms with E-state index in [0.717, 1.165) is 5.69 Å². The van der Waals surface area contributed by atoms with Gasteiger partial charge in [0, 0.05) is 5.69 Å². The van der Waals surface area contributed by atoms with E-state index in [4.69, 9.17) is 5.26 Å². The molecule has 0 unspecified atom stereocenters. The standard InChI is InChI=1S/C13H17N3O/c1-10(2)11-3-5-12(6-4-11)16-9-13(17)15-8-7-14/h3-6,10,16H,8-9H2,1-2H3,(H,15,17). The Balaban J connectivity index is 2.42. The van der Waals surface area contributed by atoms with Crippen LogP contribution in [-0.2, 0) is 4.79 Å². The molecule has 1 amide bonds. The Morgan fingerprint density at radius 1 is 1.35 bits per heavy atom. The van der Waals surface area contributed by atoms with Crippen molar-refractivity contribution in [2.75, 3.05) is 18.4 Å². The summed E-state index contributed by atoms with van der Waals surface area (Å²) in [5.74, 6) is 0.322. The number of anilines is 1. The van der Waals surface area contributed by atoms with E-state index < -0.39 is 0 Å². The second kappa shape index (κ2) is 6.54. The summed E-state index contributed by atoms with van der Waals surface area (Å²) in [5, 5.41) is 13.8. The maximum Gasteiger partial charge on any atom is 0.240 e. The van der Waals surface area contributed by atoms with Crippen LogP contribution in [0, 0.1) is 11.3 Å². The number of benzene rings is 1. The van der Waals surface area contributed by atoms with Crippen LogP contribution >= 0.6 is 0 Å². The average Bonchev–Trinajstić information content (AvgIpc) is 2.34. The van der Waals surface area contributed by atoms with Gasteiger partial charge in [-0.1, -0.05) is 26.0 Å². The van der Waals surface area contributed by atoms with Crippen LogP contribution in [0.25, 0.3) is 0 Å². The van der Waals surface area contributed by atoms with Crippen LogP contribution in [-0.4, -0.2) is 19.0 Å². The van der Waals surface area contributed by atoms with E-state index in [0.29, 0.717) is 5.92 Å². The third kappa shape index (κ3) is 4.56. The van der Waals surface area contributed by atoms with Gasteiger partial charge in [-0.25, -0.2) is 0 Å². The third-order valence-corrected chi connectivity index (χ3v) is 2.40. The lowest BCUT2D eigenvalue weighted by Gasteiger charge is -2.08. The van der Waals surface area contributed by atoms with Crippen molar-refractivity contribution in [1.82, 2.24) is 5.32 Å². The maximum atomic E-state index is 11.2. The first-order valence-electron chi connectivity index (χ1n) is 5.61. The Morgan fingerprint density at radius 3 is 2.53 bits per heavy atom. The fourth-order valence-electron chi connectivity index (χ4n) is 1.37. The predicted octanol–water partition coefficient (Wildman–Crippen LogP) is 1.86. The lowest BCUT2D eigenvalue weighted by atomic mass is 10.0. The molecule has 0 fully saturated rings. The normalized spacial score (nSPS) is 9.76. The van der Waals surface area contributed by atoms with Crippen LogP contribution in [0.3, 0.4) is 0 Å². The number of nitriles is 1. The summed E-state index contributed by atoms with van der Waals surface area (Å²) >= 11 is 0. The second-order valence-electron chi connectivity index (χ2n) is 4.07. The Bertz CT molecular complexity index is 404. The van der Waals surface area contributed by atoms with Gasteiger partial charge in [0.25, 0.3) is 0 Å². The zero-order valence-corrected chi connectivity index (χ0v) is 10.2. The molecule has 0 radical (unpaired) electrons. The molecule has 2 N–H and O–H groups in total. The van der Waals surface area contributed by atoms with Crippen molar-refractivity contribution in [2.45, 2.75) is 19.8 Å². The molecule has 1 aromatic rings. The molecule has 0 heterocycles. The molecule has 0 saturated heterocycles. The zero-order chi connectivity index (χ0) is 12.7. The summed E-state index contributed by atoms with van der Waals surface area (Å²) < 4.78 is 0. The van der Waals surface area contributed by atoms with Crippen molar-refractivity contribution < 1.29 is 4.79 Å². The molecule has 90 valence electrons. The van der Waals surface area contributed by atoms with Crippen LogP contribution < -0.4 is 10.6 Å². The van der Waals surface area contributed by atoms with Crippen LogP contribution in [0.15, 0.2) is 24.3 Å². The molecule has 17 heavy (non-hydrogen) atoms. The van der Waals surface area contributed by atoms with E-state index in [9.17, 15) is 4.79 Å². The van der Waals surface area contributed by atoms with E-state index >= 15 is 0 Å². The van der Waals surface area contributed by atoms with Crippen LogP contribution in [0.5, 0.6) is 0 Å². The maximum absolute atomic E-state index is 11.2. The fourth-order valence-corrected chi connectivity index (χ4v) is 1.37. The van der Waals surface area contributed by atoms with Gasteiger partial charge in [-0.3, -0.25) is 4.79 Å². The number of nitrogens with one attached hydrogen (secondary N) is 2. The summed E-state index contributed by atoms with van der Waals surface area (Å²) in [6, 6.07) is 9.84. The van der Waals surface area contributed by atoms with E-state index in [-0.39, 0.29) is 19.0 Å². The van der Waals surface area contributed by atoms with E-state index in [1.165, 1.54) is 5.56 Å². The molecule has 0 aliphatic carbocycles. The summed E-state index contributed by atoms with van der Waals surface area (Å²) in [7, 11) is 0. The highest BCUT2D eigenvalue weighted by Crippen LogP contribution is 2.16. The molecular weight excluding hydrogens is 214 g/mol. The molecule has 4 nitrogen and oxygen atoms in total. The average molecular weight is 231 g/mol. The van der Waals surface area contributed by atoms with Crippen molar-refractivity contribution in [2.24, 2.45) is 0 Å². The second-order valence-corrected chi connectivity index (χ2v) is 4.07. The number of rotatable bonds is 5. The summed E-state index contributed by atoms with van der Waals surface area (Å²) in [6.07, 6.45) is 0. The molecule has 0 saturated carbocycles. The van der Waals surface area contributed by atoms with Gasteiger partial charge in [-0.15, -0.1) is 0 Å². The topological polar surface area (TPSA) is 64.9 Å². The molecule has 0 aliphatic heterocycles. The van der Waals surface area contributed by atoms with Gasteiger partial charge >= 0.3 is 0 Å². The quantitative estimate of drug-likeness (QED) is 0.760. The van der Waals surface area contributed by atoms with Gasteiger partial charge in [-0.05, 0) is 23.6 Å². The number of carbonyl (C=O) groups excluding carboxylic acids is 1. The first-order chi connectivity index (χ1) is 8.13. The van der Waals surface area contributed by atoms with E-state index in [1.807, 2.05) is 30.3 Å². The first kappa shape index (κ1) is 13.0. The van der Waals surface area contributed by atoms with Gasteiger partial charge in [0.1, 0.15) is 6.54 Å². The zero-order valence-electron chi connectivity index (χ0n) is 10.2. The van der Waals surface area contributed by atoms with E-state index in [1.54, 1.807) is 0 Å². The van der Waals surface area contributed by atoms with Gasteiger partial charge in [0.15, 0.2) is 0 Å². The number of carbonyl (C=O) groups is 1. The Kier molecular flexibility index (Phi) is 5.02. The molecule has 0 spiro atoms. The Hall–Kier alpha value is -2.02. The van der Waals surface area contributed by atoms with Crippen molar-refractivity contribution in [3.8, 4) is 6.07 Å². The minimum Gasteiger partial charge on any atom is -0.376 e. The molecule has 0 aromatic heterocycles. The van der Waals surface area contributed by atoms with Crippen molar-refractivity contribution in [3.05, 3.63) is 29.8 Å². The molecule has 0 bridgehead atoms. The number of nitrogens with zero attached hydrogens (tertiary/aromatic N) is 1. The molecule has 1 rings (SSSR count). The van der Waals surface area contributed by atoms with Crippen molar-refractivity contribution in [1.29, 1.82) is 5.26 Å². The van der Waals surface area contributed by atoms with Crippen molar-refractivity contribution in [3.63, 3.8) is 0 Å². The van der Waals surface area contributed by atoms with Crippen LogP contribution in [0.4, 0.5) is 5.69 Å². The summed E-state index contributed by atoms with van der Waals surface area (Å²) in [5.41, 5.74) is 2.17. The largest absolute Gasteiger partial charge is 0.376 e. The van der Waals surface area contributed by atoms with Crippen LogP contribution in [0.1, 0.15) is 25.3 Å². The minimum atomic E-state index is -0.181. The first-order valence-corrected chi connectivity index (χ1v) is 5.61. The number of amides is 1. The highest BCUT2D eigenvalue weighted by atomic mass is 16.1. The Morgan fingerprint density at radius 2 is 2.00 bits per heavy atom. The highest BCUT2D eigenvalue weighted by Gasteiger charge is 2.01. The number of hydrogen-bond donors (Lipinski definition) is 2. The SMILES string of the molecule is CC(C)c1ccc(NCC(=O)NCC#N)cc1. The summed E-state index contributed by atoms with van der Waals surface area (Å²) in [6.45, 7) is 4.51. The summed E-state index contributed by atoms with van der Waals surface area (Å²) in [4.78, 5) is 11.2. The lowest BCUT2D eigenvalue weighted by molar-refractivity contribution is -0.119.